The van der Waals surface area contributed by atoms with E-state index >= 15 is 0 Å². The average molecular weight is 457 g/mol. The van der Waals surface area contributed by atoms with Crippen LogP contribution in [0.1, 0.15) is 22.8 Å². The topological polar surface area (TPSA) is 105 Å². The average Bonchev–Trinajstić information content (AvgIpc) is 2.69. The van der Waals surface area contributed by atoms with E-state index in [0.29, 0.717) is 16.3 Å². The number of hydrogen-bond acceptors (Lipinski definition) is 5. The van der Waals surface area contributed by atoms with Crippen LogP contribution in [0.3, 0.4) is 0 Å². The minimum absolute atomic E-state index is 0.116. The summed E-state index contributed by atoms with van der Waals surface area (Å²) in [4.78, 5) is 36.6. The molecule has 0 aliphatic carbocycles. The molecule has 30 heavy (non-hydrogen) atoms. The number of hydrogen-bond donors (Lipinski definition) is 3. The Kier molecular flexibility index (Phi) is 8.16. The molecule has 2 aromatic rings. The lowest BCUT2D eigenvalue weighted by molar-refractivity contribution is -0.151. The molecule has 0 aliphatic rings. The van der Waals surface area contributed by atoms with Gasteiger partial charge in [-0.15, -0.1) is 0 Å². The minimum atomic E-state index is -1.53. The largest absolute Gasteiger partial charge is 0.454 e. The maximum absolute atomic E-state index is 13.8. The van der Waals surface area contributed by atoms with Gasteiger partial charge in [-0.1, -0.05) is 29.3 Å². The fourth-order valence-electron chi connectivity index (χ4n) is 2.42. The van der Waals surface area contributed by atoms with Crippen LogP contribution in [0.15, 0.2) is 36.4 Å². The van der Waals surface area contributed by atoms with Crippen molar-refractivity contribution in [2.24, 2.45) is 0 Å². The first-order valence-corrected chi connectivity index (χ1v) is 9.51. The number of rotatable bonds is 7. The molecule has 0 saturated heterocycles. The van der Waals surface area contributed by atoms with E-state index in [0.717, 1.165) is 12.1 Å². The van der Waals surface area contributed by atoms with Crippen molar-refractivity contribution in [2.75, 3.05) is 11.9 Å². The number of aliphatic hydroxyl groups is 1. The molecule has 0 fully saturated rings. The predicted octanol–water partition coefficient (Wildman–Crippen LogP) is 3.10. The van der Waals surface area contributed by atoms with Gasteiger partial charge in [0, 0.05) is 15.7 Å². The van der Waals surface area contributed by atoms with E-state index < -0.39 is 47.9 Å². The van der Waals surface area contributed by atoms with Crippen LogP contribution in [0.4, 0.5) is 10.1 Å². The summed E-state index contributed by atoms with van der Waals surface area (Å²) in [5, 5.41) is 15.1. The molecule has 0 saturated carbocycles. The monoisotopic (exact) mass is 456 g/mol. The van der Waals surface area contributed by atoms with E-state index in [1.54, 1.807) is 25.1 Å². The molecule has 2 amide bonds. The number of anilines is 1. The van der Waals surface area contributed by atoms with Crippen LogP contribution >= 0.6 is 23.2 Å². The summed E-state index contributed by atoms with van der Waals surface area (Å²) < 4.78 is 18.7. The number of benzene rings is 2. The van der Waals surface area contributed by atoms with Gasteiger partial charge in [0.25, 0.3) is 11.8 Å². The van der Waals surface area contributed by atoms with Crippen molar-refractivity contribution in [1.29, 1.82) is 0 Å². The van der Waals surface area contributed by atoms with Crippen molar-refractivity contribution in [1.82, 2.24) is 5.32 Å². The number of aliphatic hydroxyl groups excluding tert-OH is 1. The lowest BCUT2D eigenvalue weighted by Gasteiger charge is -2.20. The van der Waals surface area contributed by atoms with Gasteiger partial charge in [0.2, 0.25) is 0 Å². The zero-order valence-corrected chi connectivity index (χ0v) is 17.6. The zero-order valence-electron chi connectivity index (χ0n) is 16.0. The molecule has 0 heterocycles. The quantitative estimate of drug-likeness (QED) is 0.555. The van der Waals surface area contributed by atoms with E-state index in [1.165, 1.54) is 13.0 Å². The molecule has 0 aromatic heterocycles. The molecule has 3 N–H and O–H groups in total. The van der Waals surface area contributed by atoms with Gasteiger partial charge in [0.15, 0.2) is 12.6 Å². The van der Waals surface area contributed by atoms with Gasteiger partial charge in [0.1, 0.15) is 5.82 Å². The summed E-state index contributed by atoms with van der Waals surface area (Å²) in [6, 6.07) is 6.73. The van der Waals surface area contributed by atoms with Crippen LogP contribution in [0, 0.1) is 12.7 Å². The molecule has 10 heteroatoms. The van der Waals surface area contributed by atoms with Crippen LogP contribution in [0.5, 0.6) is 0 Å². The Labute approximate surface area is 182 Å². The predicted molar refractivity (Wildman–Crippen MR) is 110 cm³/mol. The molecular weight excluding hydrogens is 438 g/mol. The van der Waals surface area contributed by atoms with Crippen LogP contribution < -0.4 is 10.6 Å². The van der Waals surface area contributed by atoms with Gasteiger partial charge < -0.3 is 20.5 Å². The molecule has 0 bridgehead atoms. The van der Waals surface area contributed by atoms with Crippen molar-refractivity contribution >= 4 is 46.7 Å². The molecular formula is C20H19Cl2FN2O5. The third-order valence-corrected chi connectivity index (χ3v) is 4.73. The second kappa shape index (κ2) is 10.4. The fourth-order valence-corrected chi connectivity index (χ4v) is 2.77. The summed E-state index contributed by atoms with van der Waals surface area (Å²) in [6.07, 6.45) is -1.37. The number of carbonyl (C=O) groups is 3. The van der Waals surface area contributed by atoms with Crippen molar-refractivity contribution in [2.45, 2.75) is 26.0 Å². The third-order valence-electron chi connectivity index (χ3n) is 4.08. The van der Waals surface area contributed by atoms with Crippen molar-refractivity contribution in [3.8, 4) is 0 Å². The second-order valence-corrected chi connectivity index (χ2v) is 7.23. The van der Waals surface area contributed by atoms with Crippen LogP contribution in [0.25, 0.3) is 0 Å². The standard InChI is InChI=1S/C20H19Cl2FN2O5/c1-10-14(22)4-3-5-16(10)24-17(27)9-30-20(29)18(11(2)26)25-19(28)13-8-12(21)6-7-15(13)23/h3-8,11,18,26H,9H2,1-2H3,(H,24,27)(H,25,28). The maximum Gasteiger partial charge on any atom is 0.331 e. The molecule has 2 atom stereocenters. The zero-order chi connectivity index (χ0) is 22.4. The van der Waals surface area contributed by atoms with Gasteiger partial charge in [0.05, 0.1) is 11.7 Å². The number of carbonyl (C=O) groups excluding carboxylic acids is 3. The first-order valence-electron chi connectivity index (χ1n) is 8.75. The van der Waals surface area contributed by atoms with Gasteiger partial charge in [-0.2, -0.15) is 0 Å². The third kappa shape index (κ3) is 6.16. The normalized spacial score (nSPS) is 12.6. The number of ether oxygens (including phenoxy) is 1. The van der Waals surface area contributed by atoms with Crippen LogP contribution in [-0.2, 0) is 14.3 Å². The lowest BCUT2D eigenvalue weighted by Crippen LogP contribution is -2.49. The summed E-state index contributed by atoms with van der Waals surface area (Å²) in [6.45, 7) is 2.27. The molecule has 0 aliphatic heterocycles. The second-order valence-electron chi connectivity index (χ2n) is 6.38. The number of esters is 1. The Morgan fingerprint density at radius 1 is 1.20 bits per heavy atom. The molecule has 160 valence electrons. The van der Waals surface area contributed by atoms with Crippen molar-refractivity contribution in [3.63, 3.8) is 0 Å². The van der Waals surface area contributed by atoms with E-state index in [-0.39, 0.29) is 5.02 Å². The SMILES string of the molecule is Cc1c(Cl)cccc1NC(=O)COC(=O)C(NC(=O)c1cc(Cl)ccc1F)C(C)O. The summed E-state index contributed by atoms with van der Waals surface area (Å²) in [5.41, 5.74) is 0.673. The summed E-state index contributed by atoms with van der Waals surface area (Å²) >= 11 is 11.7. The van der Waals surface area contributed by atoms with E-state index in [2.05, 4.69) is 10.6 Å². The Morgan fingerprint density at radius 2 is 1.90 bits per heavy atom. The van der Waals surface area contributed by atoms with Gasteiger partial charge in [-0.05, 0) is 49.7 Å². The first-order chi connectivity index (χ1) is 14.1. The van der Waals surface area contributed by atoms with E-state index in [1.807, 2.05) is 0 Å². The highest BCUT2D eigenvalue weighted by molar-refractivity contribution is 6.32. The first kappa shape index (κ1) is 23.6. The highest BCUT2D eigenvalue weighted by Crippen LogP contribution is 2.22. The molecule has 0 radical (unpaired) electrons. The fraction of sp³-hybridized carbons (Fsp3) is 0.250. The van der Waals surface area contributed by atoms with Crippen LogP contribution in [0.2, 0.25) is 10.0 Å². The van der Waals surface area contributed by atoms with Gasteiger partial charge in [-0.3, -0.25) is 9.59 Å². The van der Waals surface area contributed by atoms with E-state index in [9.17, 15) is 23.9 Å². The Morgan fingerprint density at radius 3 is 2.57 bits per heavy atom. The Hall–Kier alpha value is -2.68. The van der Waals surface area contributed by atoms with Crippen LogP contribution in [-0.4, -0.2) is 41.6 Å². The Balaban J connectivity index is 2.00. The molecule has 2 aromatic carbocycles. The van der Waals surface area contributed by atoms with Gasteiger partial charge in [-0.25, -0.2) is 9.18 Å². The van der Waals surface area contributed by atoms with Crippen molar-refractivity contribution < 1.29 is 28.6 Å². The number of halogens is 3. The maximum atomic E-state index is 13.8. The lowest BCUT2D eigenvalue weighted by atomic mass is 10.1. The van der Waals surface area contributed by atoms with Crippen molar-refractivity contribution in [3.05, 3.63) is 63.4 Å². The smallest absolute Gasteiger partial charge is 0.331 e. The van der Waals surface area contributed by atoms with E-state index in [4.69, 9.17) is 27.9 Å². The highest BCUT2D eigenvalue weighted by atomic mass is 35.5. The Bertz CT molecular complexity index is 968. The molecule has 0 spiro atoms. The highest BCUT2D eigenvalue weighted by Gasteiger charge is 2.29. The molecule has 2 unspecified atom stereocenters. The minimum Gasteiger partial charge on any atom is -0.454 e. The number of nitrogens with one attached hydrogen (secondary N) is 2. The number of amides is 2. The molecule has 2 rings (SSSR count). The summed E-state index contributed by atoms with van der Waals surface area (Å²) in [5.74, 6) is -3.55. The van der Waals surface area contributed by atoms with Gasteiger partial charge >= 0.3 is 5.97 Å². The summed E-state index contributed by atoms with van der Waals surface area (Å²) in [7, 11) is 0. The molecule has 7 nitrogen and oxygen atoms in total.